The zero-order valence-corrected chi connectivity index (χ0v) is 10.1. The molecule has 0 amide bonds. The lowest BCUT2D eigenvalue weighted by molar-refractivity contribution is 0.730. The van der Waals surface area contributed by atoms with E-state index in [0.29, 0.717) is 17.1 Å². The van der Waals surface area contributed by atoms with Crippen LogP contribution in [0.1, 0.15) is 18.2 Å². The number of imidazole rings is 1. The molecule has 3 rings (SSSR count). The maximum absolute atomic E-state index is 11.6. The van der Waals surface area contributed by atoms with Crippen molar-refractivity contribution in [2.45, 2.75) is 12.3 Å². The van der Waals surface area contributed by atoms with Crippen molar-refractivity contribution in [3.63, 3.8) is 0 Å². The molecule has 1 fully saturated rings. The first-order valence-corrected chi connectivity index (χ1v) is 6.59. The molecule has 7 heteroatoms. The summed E-state index contributed by atoms with van der Waals surface area (Å²) in [5, 5.41) is 0. The molecule has 0 aliphatic carbocycles. The van der Waals surface area contributed by atoms with Gasteiger partial charge in [0.25, 0.3) is 5.56 Å². The number of aryl methyl sites for hydroxylation is 1. The number of hydrogen-bond donors (Lipinski definition) is 2. The number of nitrogens with zero attached hydrogens (tertiary/aromatic N) is 2. The summed E-state index contributed by atoms with van der Waals surface area (Å²) in [6.07, 6.45) is 1.07. The normalized spacial score (nSPS) is 20.2. The summed E-state index contributed by atoms with van der Waals surface area (Å²) in [6.45, 7) is 0. The van der Waals surface area contributed by atoms with Gasteiger partial charge in [-0.25, -0.2) is 9.78 Å². The fourth-order valence-electron chi connectivity index (χ4n) is 2.07. The molecule has 2 N–H and O–H groups in total. The van der Waals surface area contributed by atoms with Crippen LogP contribution in [0.15, 0.2) is 9.59 Å². The van der Waals surface area contributed by atoms with Gasteiger partial charge in [-0.3, -0.25) is 14.3 Å². The van der Waals surface area contributed by atoms with Crippen molar-refractivity contribution in [3.8, 4) is 0 Å². The van der Waals surface area contributed by atoms with E-state index in [-0.39, 0.29) is 0 Å². The summed E-state index contributed by atoms with van der Waals surface area (Å²) in [4.78, 5) is 32.8. The standard InChI is InChI=1S/C10H12N4O2S/c1-14-8-6(9(15)13-10(14)16)11-7(12-8)5-2-3-17-4-5/h5H,2-4H2,1H3,(H,11,12)(H,13,15,16). The van der Waals surface area contributed by atoms with Crippen molar-refractivity contribution in [3.05, 3.63) is 26.7 Å². The van der Waals surface area contributed by atoms with Crippen molar-refractivity contribution in [1.29, 1.82) is 0 Å². The molecule has 2 aromatic rings. The first-order valence-electron chi connectivity index (χ1n) is 5.43. The maximum Gasteiger partial charge on any atom is 0.329 e. The Bertz CT molecular complexity index is 678. The Balaban J connectivity index is 2.25. The topological polar surface area (TPSA) is 83.5 Å². The van der Waals surface area contributed by atoms with Gasteiger partial charge >= 0.3 is 5.69 Å². The van der Waals surface area contributed by atoms with Gasteiger partial charge in [0.1, 0.15) is 11.3 Å². The number of fused-ring (bicyclic) bond motifs is 1. The second-order valence-corrected chi connectivity index (χ2v) is 5.35. The second kappa shape index (κ2) is 3.76. The Labute approximate surface area is 100 Å². The van der Waals surface area contributed by atoms with Crippen molar-refractivity contribution < 1.29 is 0 Å². The lowest BCUT2D eigenvalue weighted by atomic mass is 10.1. The molecular weight excluding hydrogens is 240 g/mol. The molecule has 1 aliphatic rings. The van der Waals surface area contributed by atoms with E-state index < -0.39 is 11.2 Å². The monoisotopic (exact) mass is 252 g/mol. The molecular formula is C10H12N4O2S. The fraction of sp³-hybridized carbons (Fsp3) is 0.500. The molecule has 1 unspecified atom stereocenters. The van der Waals surface area contributed by atoms with E-state index >= 15 is 0 Å². The van der Waals surface area contributed by atoms with E-state index in [0.717, 1.165) is 23.8 Å². The molecule has 17 heavy (non-hydrogen) atoms. The highest BCUT2D eigenvalue weighted by Gasteiger charge is 2.22. The van der Waals surface area contributed by atoms with Crippen molar-refractivity contribution in [2.75, 3.05) is 11.5 Å². The van der Waals surface area contributed by atoms with Crippen LogP contribution in [0.2, 0.25) is 0 Å². The zero-order chi connectivity index (χ0) is 12.0. The second-order valence-electron chi connectivity index (χ2n) is 4.20. The van der Waals surface area contributed by atoms with E-state index in [9.17, 15) is 9.59 Å². The predicted octanol–water partition coefficient (Wildman–Crippen LogP) is 0.170. The van der Waals surface area contributed by atoms with Crippen molar-refractivity contribution in [1.82, 2.24) is 19.5 Å². The molecule has 6 nitrogen and oxygen atoms in total. The molecule has 2 aromatic heterocycles. The van der Waals surface area contributed by atoms with Gasteiger partial charge in [-0.05, 0) is 12.2 Å². The quantitative estimate of drug-likeness (QED) is 0.758. The minimum Gasteiger partial charge on any atom is -0.336 e. The van der Waals surface area contributed by atoms with Gasteiger partial charge in [-0.15, -0.1) is 0 Å². The lowest BCUT2D eigenvalue weighted by Gasteiger charge is -2.01. The van der Waals surface area contributed by atoms with Gasteiger partial charge in [0.2, 0.25) is 0 Å². The van der Waals surface area contributed by atoms with Crippen molar-refractivity contribution >= 4 is 22.9 Å². The zero-order valence-electron chi connectivity index (χ0n) is 9.32. The van der Waals surface area contributed by atoms with E-state index in [4.69, 9.17) is 0 Å². The third kappa shape index (κ3) is 1.61. The van der Waals surface area contributed by atoms with Crippen LogP contribution in [0.5, 0.6) is 0 Å². The van der Waals surface area contributed by atoms with Gasteiger partial charge in [-0.1, -0.05) is 0 Å². The molecule has 0 spiro atoms. The predicted molar refractivity (Wildman–Crippen MR) is 66.6 cm³/mol. The number of hydrogen-bond acceptors (Lipinski definition) is 4. The average molecular weight is 252 g/mol. The highest BCUT2D eigenvalue weighted by molar-refractivity contribution is 7.99. The van der Waals surface area contributed by atoms with Gasteiger partial charge < -0.3 is 4.98 Å². The summed E-state index contributed by atoms with van der Waals surface area (Å²) in [5.74, 6) is 3.32. The maximum atomic E-state index is 11.6. The molecule has 1 atom stereocenters. The number of H-pyrrole nitrogens is 2. The van der Waals surface area contributed by atoms with Gasteiger partial charge in [0, 0.05) is 18.7 Å². The number of aromatic nitrogens is 4. The molecule has 0 saturated carbocycles. The van der Waals surface area contributed by atoms with Crippen LogP contribution in [-0.2, 0) is 7.05 Å². The summed E-state index contributed by atoms with van der Waals surface area (Å²) in [5.41, 5.74) is -0.00139. The van der Waals surface area contributed by atoms with Gasteiger partial charge in [0.05, 0.1) is 0 Å². The smallest absolute Gasteiger partial charge is 0.329 e. The number of aromatic amines is 2. The van der Waals surface area contributed by atoms with Crippen LogP contribution in [-0.4, -0.2) is 31.0 Å². The highest BCUT2D eigenvalue weighted by Crippen LogP contribution is 2.30. The van der Waals surface area contributed by atoms with E-state index in [1.807, 2.05) is 11.8 Å². The number of rotatable bonds is 1. The van der Waals surface area contributed by atoms with Crippen LogP contribution >= 0.6 is 11.8 Å². The minimum absolute atomic E-state index is 0.363. The van der Waals surface area contributed by atoms with Gasteiger partial charge in [0.15, 0.2) is 5.65 Å². The van der Waals surface area contributed by atoms with Crippen LogP contribution in [0.4, 0.5) is 0 Å². The Morgan fingerprint density at radius 3 is 2.94 bits per heavy atom. The molecule has 0 bridgehead atoms. The van der Waals surface area contributed by atoms with Crippen LogP contribution in [0, 0.1) is 0 Å². The Morgan fingerprint density at radius 1 is 1.41 bits per heavy atom. The fourth-order valence-corrected chi connectivity index (χ4v) is 3.29. The molecule has 1 saturated heterocycles. The molecule has 1 aliphatic heterocycles. The first kappa shape index (κ1) is 10.6. The summed E-state index contributed by atoms with van der Waals surface area (Å²) in [7, 11) is 1.61. The first-order chi connectivity index (χ1) is 8.16. The summed E-state index contributed by atoms with van der Waals surface area (Å²) >= 11 is 1.88. The van der Waals surface area contributed by atoms with E-state index in [1.54, 1.807) is 7.05 Å². The molecule has 90 valence electrons. The van der Waals surface area contributed by atoms with Crippen molar-refractivity contribution in [2.24, 2.45) is 7.05 Å². The molecule has 3 heterocycles. The lowest BCUT2D eigenvalue weighted by Crippen LogP contribution is -2.28. The minimum atomic E-state index is -0.429. The average Bonchev–Trinajstić information content (AvgIpc) is 2.94. The largest absolute Gasteiger partial charge is 0.336 e. The summed E-state index contributed by atoms with van der Waals surface area (Å²) < 4.78 is 1.36. The van der Waals surface area contributed by atoms with Crippen LogP contribution in [0.25, 0.3) is 11.2 Å². The molecule has 0 radical (unpaired) electrons. The SMILES string of the molecule is Cn1c(=O)[nH]c(=O)c2[nH]c(C3CCSC3)nc21. The van der Waals surface area contributed by atoms with E-state index in [1.165, 1.54) is 4.57 Å². The molecule has 0 aromatic carbocycles. The van der Waals surface area contributed by atoms with Crippen LogP contribution in [0.3, 0.4) is 0 Å². The Morgan fingerprint density at radius 2 is 2.24 bits per heavy atom. The Hall–Kier alpha value is -1.50. The Kier molecular flexibility index (Phi) is 2.36. The van der Waals surface area contributed by atoms with Crippen LogP contribution < -0.4 is 11.2 Å². The number of nitrogens with one attached hydrogen (secondary N) is 2. The highest BCUT2D eigenvalue weighted by atomic mass is 32.2. The van der Waals surface area contributed by atoms with Gasteiger partial charge in [-0.2, -0.15) is 11.8 Å². The third-order valence-electron chi connectivity index (χ3n) is 3.09. The summed E-state index contributed by atoms with van der Waals surface area (Å²) in [6, 6.07) is 0. The number of thioether (sulfide) groups is 1. The van der Waals surface area contributed by atoms with E-state index in [2.05, 4.69) is 15.0 Å². The third-order valence-corrected chi connectivity index (χ3v) is 4.25.